The predicted octanol–water partition coefficient (Wildman–Crippen LogP) is 3.37. The molecule has 12 heteroatoms. The van der Waals surface area contributed by atoms with Gasteiger partial charge in [0.05, 0.1) is 18.9 Å². The summed E-state index contributed by atoms with van der Waals surface area (Å²) in [7, 11) is 1.54. The summed E-state index contributed by atoms with van der Waals surface area (Å²) in [6, 6.07) is 15.3. The number of hydrazine groups is 1. The molecule has 11 nitrogen and oxygen atoms in total. The average Bonchev–Trinajstić information content (AvgIpc) is 3.47. The van der Waals surface area contributed by atoms with Crippen molar-refractivity contribution in [2.45, 2.75) is 5.37 Å². The second-order valence-electron chi connectivity index (χ2n) is 7.06. The van der Waals surface area contributed by atoms with Crippen LogP contribution in [0.2, 0.25) is 0 Å². The van der Waals surface area contributed by atoms with Crippen LogP contribution in [0.25, 0.3) is 0 Å². The zero-order valence-corrected chi connectivity index (χ0v) is 18.5. The third-order valence-electron chi connectivity index (χ3n) is 4.88. The first kappa shape index (κ1) is 22.9. The molecule has 0 spiro atoms. The van der Waals surface area contributed by atoms with Crippen LogP contribution in [0, 0.1) is 10.1 Å². The highest BCUT2D eigenvalue weighted by Gasteiger charge is 2.37. The summed E-state index contributed by atoms with van der Waals surface area (Å²) in [5.41, 5.74) is 3.69. The molecule has 0 radical (unpaired) electrons. The number of carbonyl (C=O) groups excluding carboxylic acids is 3. The third kappa shape index (κ3) is 4.86. The second-order valence-corrected chi connectivity index (χ2v) is 8.13. The van der Waals surface area contributed by atoms with Gasteiger partial charge in [-0.05, 0) is 54.6 Å². The number of benzene rings is 2. The van der Waals surface area contributed by atoms with Crippen molar-refractivity contribution in [3.63, 3.8) is 0 Å². The number of methoxy groups -OCH3 is 1. The molecule has 0 saturated carbocycles. The first-order chi connectivity index (χ1) is 16.4. The van der Waals surface area contributed by atoms with Gasteiger partial charge >= 0.3 is 5.88 Å². The first-order valence-corrected chi connectivity index (χ1v) is 10.9. The maximum absolute atomic E-state index is 12.7. The van der Waals surface area contributed by atoms with Crippen LogP contribution in [0.15, 0.2) is 65.1 Å². The molecule has 1 saturated heterocycles. The predicted molar refractivity (Wildman–Crippen MR) is 122 cm³/mol. The van der Waals surface area contributed by atoms with Crippen molar-refractivity contribution < 1.29 is 28.5 Å². The van der Waals surface area contributed by atoms with E-state index in [2.05, 4.69) is 10.7 Å². The Bertz CT molecular complexity index is 1240. The number of rotatable bonds is 7. The van der Waals surface area contributed by atoms with E-state index in [1.54, 1.807) is 36.4 Å². The number of hydrogen-bond acceptors (Lipinski definition) is 8. The van der Waals surface area contributed by atoms with Gasteiger partial charge in [0.25, 0.3) is 17.7 Å². The van der Waals surface area contributed by atoms with E-state index in [1.165, 1.54) is 43.1 Å². The minimum atomic E-state index is -0.729. The summed E-state index contributed by atoms with van der Waals surface area (Å²) in [6.07, 6.45) is 0. The molecule has 2 aromatic carbocycles. The van der Waals surface area contributed by atoms with E-state index in [9.17, 15) is 24.5 Å². The minimum Gasteiger partial charge on any atom is -0.497 e. The van der Waals surface area contributed by atoms with E-state index in [0.717, 1.165) is 5.01 Å². The quantitative estimate of drug-likeness (QED) is 0.385. The molecule has 1 atom stereocenters. The maximum Gasteiger partial charge on any atom is 0.433 e. The molecule has 2 heterocycles. The fraction of sp³-hybridized carbons (Fsp3) is 0.136. The molecule has 174 valence electrons. The lowest BCUT2D eigenvalue weighted by molar-refractivity contribution is -0.402. The zero-order chi connectivity index (χ0) is 24.2. The van der Waals surface area contributed by atoms with Crippen molar-refractivity contribution in [1.29, 1.82) is 0 Å². The highest BCUT2D eigenvalue weighted by atomic mass is 32.2. The van der Waals surface area contributed by atoms with E-state index in [0.29, 0.717) is 17.0 Å². The Morgan fingerprint density at radius 1 is 1.06 bits per heavy atom. The lowest BCUT2D eigenvalue weighted by Gasteiger charge is -2.22. The molecule has 1 aliphatic rings. The number of carbonyl (C=O) groups is 3. The number of amides is 3. The fourth-order valence-corrected chi connectivity index (χ4v) is 4.20. The molecule has 1 unspecified atom stereocenters. The number of nitrogens with zero attached hydrogens (tertiary/aromatic N) is 2. The van der Waals surface area contributed by atoms with Gasteiger partial charge in [-0.15, -0.1) is 11.8 Å². The highest BCUT2D eigenvalue weighted by Crippen LogP contribution is 2.39. The Kier molecular flexibility index (Phi) is 6.50. The van der Waals surface area contributed by atoms with Gasteiger partial charge in [0.1, 0.15) is 16.4 Å². The van der Waals surface area contributed by atoms with E-state index < -0.39 is 22.1 Å². The van der Waals surface area contributed by atoms with Crippen LogP contribution in [0.4, 0.5) is 11.6 Å². The van der Waals surface area contributed by atoms with Crippen molar-refractivity contribution >= 4 is 41.1 Å². The van der Waals surface area contributed by atoms with Gasteiger partial charge in [-0.2, -0.15) is 0 Å². The third-order valence-corrected chi connectivity index (χ3v) is 6.06. The molecule has 1 aromatic heterocycles. The van der Waals surface area contributed by atoms with Crippen LogP contribution in [0.1, 0.15) is 31.9 Å². The van der Waals surface area contributed by atoms with Crippen molar-refractivity contribution in [2.75, 3.05) is 18.2 Å². The van der Waals surface area contributed by atoms with Crippen LogP contribution in [0.5, 0.6) is 5.75 Å². The van der Waals surface area contributed by atoms with Gasteiger partial charge in [-0.25, -0.2) is 5.01 Å². The molecule has 3 amide bonds. The number of anilines is 1. The number of nitro groups is 1. The standard InChI is InChI=1S/C22H18N4O7S/c1-32-16-8-4-13(5-9-16)20(28)23-15-6-2-14(3-7-15)21(29)24-25-18(27)12-34-22(25)17-10-11-19(33-17)26(30)31/h2-11,22H,12H2,1H3,(H,23,28)(H,24,29). The van der Waals surface area contributed by atoms with Gasteiger partial charge in [0.15, 0.2) is 5.37 Å². The first-order valence-electron chi connectivity index (χ1n) is 9.90. The smallest absolute Gasteiger partial charge is 0.433 e. The van der Waals surface area contributed by atoms with E-state index in [1.807, 2.05) is 0 Å². The second kappa shape index (κ2) is 9.67. The molecule has 0 bridgehead atoms. The zero-order valence-electron chi connectivity index (χ0n) is 17.7. The Morgan fingerprint density at radius 3 is 2.32 bits per heavy atom. The summed E-state index contributed by atoms with van der Waals surface area (Å²) in [5.74, 6) is -0.812. The van der Waals surface area contributed by atoms with Crippen LogP contribution < -0.4 is 15.5 Å². The molecule has 1 aliphatic heterocycles. The molecule has 4 rings (SSSR count). The van der Waals surface area contributed by atoms with Crippen LogP contribution in [-0.2, 0) is 4.79 Å². The van der Waals surface area contributed by atoms with Crippen LogP contribution >= 0.6 is 11.8 Å². The van der Waals surface area contributed by atoms with Crippen molar-refractivity contribution in [1.82, 2.24) is 10.4 Å². The Labute approximate surface area is 197 Å². The monoisotopic (exact) mass is 482 g/mol. The lowest BCUT2D eigenvalue weighted by Crippen LogP contribution is -2.44. The molecule has 2 N–H and O–H groups in total. The largest absolute Gasteiger partial charge is 0.497 e. The highest BCUT2D eigenvalue weighted by molar-refractivity contribution is 8.00. The number of thioether (sulfide) groups is 1. The van der Waals surface area contributed by atoms with Crippen molar-refractivity contribution in [2.24, 2.45) is 0 Å². The Morgan fingerprint density at radius 2 is 1.71 bits per heavy atom. The normalized spacial score (nSPS) is 15.1. The van der Waals surface area contributed by atoms with Gasteiger partial charge in [-0.3, -0.25) is 29.9 Å². The van der Waals surface area contributed by atoms with Gasteiger partial charge in [0, 0.05) is 16.8 Å². The topological polar surface area (TPSA) is 144 Å². The SMILES string of the molecule is COc1ccc(C(=O)Nc2ccc(C(=O)NN3C(=O)CSC3c3ccc([N+](=O)[O-])o3)cc2)cc1. The van der Waals surface area contributed by atoms with E-state index in [4.69, 9.17) is 9.15 Å². The maximum atomic E-state index is 12.7. The van der Waals surface area contributed by atoms with Crippen LogP contribution in [0.3, 0.4) is 0 Å². The molecule has 34 heavy (non-hydrogen) atoms. The number of ether oxygens (including phenoxy) is 1. The van der Waals surface area contributed by atoms with Crippen LogP contribution in [-0.4, -0.2) is 40.5 Å². The molecule has 1 fully saturated rings. The molecule has 0 aliphatic carbocycles. The summed E-state index contributed by atoms with van der Waals surface area (Å²) >= 11 is 1.17. The summed E-state index contributed by atoms with van der Waals surface area (Å²) in [4.78, 5) is 47.5. The summed E-state index contributed by atoms with van der Waals surface area (Å²) < 4.78 is 10.3. The van der Waals surface area contributed by atoms with E-state index >= 15 is 0 Å². The Balaban J connectivity index is 1.40. The van der Waals surface area contributed by atoms with Gasteiger partial charge < -0.3 is 14.5 Å². The van der Waals surface area contributed by atoms with Crippen molar-refractivity contribution in [3.8, 4) is 5.75 Å². The molecular weight excluding hydrogens is 464 g/mol. The summed E-state index contributed by atoms with van der Waals surface area (Å²) in [5, 5.41) is 14.0. The minimum absolute atomic E-state index is 0.0791. The fourth-order valence-electron chi connectivity index (χ4n) is 3.15. The Hall–Kier alpha value is -4.32. The van der Waals surface area contributed by atoms with Gasteiger partial charge in [0.2, 0.25) is 0 Å². The number of furan rings is 1. The van der Waals surface area contributed by atoms with Gasteiger partial charge in [-0.1, -0.05) is 0 Å². The summed E-state index contributed by atoms with van der Waals surface area (Å²) in [6.45, 7) is 0. The number of hydrogen-bond donors (Lipinski definition) is 2. The molecule has 3 aromatic rings. The average molecular weight is 482 g/mol. The van der Waals surface area contributed by atoms with E-state index in [-0.39, 0.29) is 28.9 Å². The lowest BCUT2D eigenvalue weighted by atomic mass is 10.1. The number of nitrogens with one attached hydrogen (secondary N) is 2. The van der Waals surface area contributed by atoms with Crippen molar-refractivity contribution in [3.05, 3.63) is 87.7 Å². The molecular formula is C22H18N4O7S.